The Balaban J connectivity index is 1.80. The highest BCUT2D eigenvalue weighted by Gasteiger charge is 2.11. The Labute approximate surface area is 189 Å². The number of carbonyl (C=O) groups excluding carboxylic acids is 1. The van der Waals surface area contributed by atoms with E-state index in [0.717, 1.165) is 34.4 Å². The minimum absolute atomic E-state index is 0.270. The molecule has 0 aliphatic heterocycles. The SMILES string of the molecule is CCCn1cc(CN=C(NC(=O)c2ccc(Cl)cc2)Nc2ccc(Br)cc2)c(C)n1. The van der Waals surface area contributed by atoms with Crippen LogP contribution in [0.15, 0.2) is 64.2 Å². The van der Waals surface area contributed by atoms with E-state index in [1.54, 1.807) is 24.3 Å². The Bertz CT molecular complexity index is 1030. The van der Waals surface area contributed by atoms with Crippen LogP contribution in [0.5, 0.6) is 0 Å². The summed E-state index contributed by atoms with van der Waals surface area (Å²) in [5.41, 5.74) is 3.25. The molecule has 0 saturated carbocycles. The van der Waals surface area contributed by atoms with Gasteiger partial charge in [-0.3, -0.25) is 14.8 Å². The molecule has 156 valence electrons. The second-order valence-electron chi connectivity index (χ2n) is 6.76. The molecule has 0 radical (unpaired) electrons. The highest BCUT2D eigenvalue weighted by Crippen LogP contribution is 2.15. The lowest BCUT2D eigenvalue weighted by molar-refractivity contribution is 0.0977. The van der Waals surface area contributed by atoms with Crippen molar-refractivity contribution < 1.29 is 4.79 Å². The highest BCUT2D eigenvalue weighted by atomic mass is 79.9. The lowest BCUT2D eigenvalue weighted by atomic mass is 10.2. The molecule has 30 heavy (non-hydrogen) atoms. The van der Waals surface area contributed by atoms with Crippen LogP contribution in [-0.2, 0) is 13.1 Å². The predicted molar refractivity (Wildman–Crippen MR) is 125 cm³/mol. The van der Waals surface area contributed by atoms with Gasteiger partial charge in [0.25, 0.3) is 5.91 Å². The third-order valence-electron chi connectivity index (χ3n) is 4.35. The highest BCUT2D eigenvalue weighted by molar-refractivity contribution is 9.10. The first-order valence-electron chi connectivity index (χ1n) is 9.61. The van der Waals surface area contributed by atoms with E-state index >= 15 is 0 Å². The molecule has 0 aliphatic rings. The van der Waals surface area contributed by atoms with Gasteiger partial charge in [0.15, 0.2) is 0 Å². The zero-order valence-electron chi connectivity index (χ0n) is 16.8. The van der Waals surface area contributed by atoms with Crippen molar-refractivity contribution >= 4 is 45.1 Å². The molecule has 6 nitrogen and oxygen atoms in total. The number of guanidine groups is 1. The van der Waals surface area contributed by atoms with Gasteiger partial charge in [0.1, 0.15) is 0 Å². The van der Waals surface area contributed by atoms with Crippen molar-refractivity contribution in [2.75, 3.05) is 5.32 Å². The first kappa shape index (κ1) is 22.1. The predicted octanol–water partition coefficient (Wildman–Crippen LogP) is 5.42. The summed E-state index contributed by atoms with van der Waals surface area (Å²) in [6.45, 7) is 5.34. The second kappa shape index (κ2) is 10.4. The van der Waals surface area contributed by atoms with E-state index in [4.69, 9.17) is 11.6 Å². The number of rotatable bonds is 6. The Kier molecular flexibility index (Phi) is 7.65. The number of anilines is 1. The lowest BCUT2D eigenvalue weighted by Crippen LogP contribution is -2.36. The van der Waals surface area contributed by atoms with Gasteiger partial charge in [-0.05, 0) is 61.9 Å². The summed E-state index contributed by atoms with van der Waals surface area (Å²) in [4.78, 5) is 17.3. The van der Waals surface area contributed by atoms with Gasteiger partial charge in [0.2, 0.25) is 5.96 Å². The Morgan fingerprint density at radius 2 is 1.87 bits per heavy atom. The third kappa shape index (κ3) is 6.18. The summed E-state index contributed by atoms with van der Waals surface area (Å²) in [5.74, 6) is 0.0911. The van der Waals surface area contributed by atoms with Crippen LogP contribution in [-0.4, -0.2) is 21.6 Å². The van der Waals surface area contributed by atoms with Crippen LogP contribution in [0.25, 0.3) is 0 Å². The summed E-state index contributed by atoms with van der Waals surface area (Å²) in [6, 6.07) is 14.3. The number of aryl methyl sites for hydroxylation is 2. The summed E-state index contributed by atoms with van der Waals surface area (Å²) < 4.78 is 2.89. The van der Waals surface area contributed by atoms with Crippen molar-refractivity contribution in [1.29, 1.82) is 0 Å². The number of carbonyl (C=O) groups is 1. The van der Waals surface area contributed by atoms with Gasteiger partial charge in [0, 0.05) is 39.1 Å². The number of nitrogens with one attached hydrogen (secondary N) is 2. The zero-order valence-corrected chi connectivity index (χ0v) is 19.2. The van der Waals surface area contributed by atoms with Gasteiger partial charge in [-0.15, -0.1) is 0 Å². The van der Waals surface area contributed by atoms with Crippen molar-refractivity contribution in [3.05, 3.63) is 81.0 Å². The summed E-state index contributed by atoms with van der Waals surface area (Å²) in [7, 11) is 0. The number of nitrogens with zero attached hydrogens (tertiary/aromatic N) is 3. The second-order valence-corrected chi connectivity index (χ2v) is 8.11. The first-order valence-corrected chi connectivity index (χ1v) is 10.8. The van der Waals surface area contributed by atoms with Crippen LogP contribution in [0.3, 0.4) is 0 Å². The smallest absolute Gasteiger partial charge is 0.257 e. The van der Waals surface area contributed by atoms with Crippen LogP contribution in [0.4, 0.5) is 5.69 Å². The number of amides is 1. The van der Waals surface area contributed by atoms with Crippen molar-refractivity contribution in [3.63, 3.8) is 0 Å². The molecule has 1 aromatic heterocycles. The van der Waals surface area contributed by atoms with E-state index in [1.165, 1.54) is 0 Å². The molecular weight excluding hydrogens is 466 g/mol. The molecule has 2 aromatic carbocycles. The van der Waals surface area contributed by atoms with E-state index in [1.807, 2.05) is 42.1 Å². The van der Waals surface area contributed by atoms with Crippen LogP contribution >= 0.6 is 27.5 Å². The van der Waals surface area contributed by atoms with Gasteiger partial charge in [-0.2, -0.15) is 5.10 Å². The van der Waals surface area contributed by atoms with Crippen molar-refractivity contribution in [2.45, 2.75) is 33.4 Å². The summed E-state index contributed by atoms with van der Waals surface area (Å²) in [5, 5.41) is 11.1. The van der Waals surface area contributed by atoms with Gasteiger partial charge in [0.05, 0.1) is 12.2 Å². The molecule has 0 bridgehead atoms. The zero-order chi connectivity index (χ0) is 21.5. The van der Waals surface area contributed by atoms with Gasteiger partial charge < -0.3 is 5.32 Å². The van der Waals surface area contributed by atoms with Gasteiger partial charge >= 0.3 is 0 Å². The molecule has 0 aliphatic carbocycles. The quantitative estimate of drug-likeness (QED) is 0.360. The molecule has 0 unspecified atom stereocenters. The van der Waals surface area contributed by atoms with E-state index in [2.05, 4.69) is 43.6 Å². The summed E-state index contributed by atoms with van der Waals surface area (Å²) in [6.07, 6.45) is 3.01. The third-order valence-corrected chi connectivity index (χ3v) is 5.13. The fourth-order valence-electron chi connectivity index (χ4n) is 2.78. The Morgan fingerprint density at radius 1 is 1.17 bits per heavy atom. The summed E-state index contributed by atoms with van der Waals surface area (Å²) >= 11 is 9.34. The van der Waals surface area contributed by atoms with E-state index < -0.39 is 0 Å². The minimum atomic E-state index is -0.270. The Morgan fingerprint density at radius 3 is 2.53 bits per heavy atom. The maximum absolute atomic E-state index is 12.7. The fourth-order valence-corrected chi connectivity index (χ4v) is 3.17. The normalized spacial score (nSPS) is 11.4. The van der Waals surface area contributed by atoms with E-state index in [-0.39, 0.29) is 5.91 Å². The van der Waals surface area contributed by atoms with Crippen LogP contribution < -0.4 is 10.6 Å². The van der Waals surface area contributed by atoms with Crippen molar-refractivity contribution in [2.24, 2.45) is 4.99 Å². The first-order chi connectivity index (χ1) is 14.4. The topological polar surface area (TPSA) is 71.3 Å². The Hall–Kier alpha value is -2.64. The largest absolute Gasteiger partial charge is 0.326 e. The van der Waals surface area contributed by atoms with Crippen molar-refractivity contribution in [1.82, 2.24) is 15.1 Å². The number of halogens is 2. The van der Waals surface area contributed by atoms with Crippen LogP contribution in [0.2, 0.25) is 5.02 Å². The standard InChI is InChI=1S/C22H23BrClN5O/c1-3-12-29-14-17(15(2)28-29)13-25-22(26-20-10-6-18(23)7-11-20)27-21(30)16-4-8-19(24)9-5-16/h4-11,14H,3,12-13H2,1-2H3,(H2,25,26,27,30). The number of aromatic nitrogens is 2. The average Bonchev–Trinajstić information content (AvgIpc) is 3.07. The molecule has 0 atom stereocenters. The molecule has 1 amide bonds. The molecule has 3 aromatic rings. The maximum atomic E-state index is 12.7. The maximum Gasteiger partial charge on any atom is 0.257 e. The van der Waals surface area contributed by atoms with E-state index in [0.29, 0.717) is 23.1 Å². The number of aliphatic imine (C=N–C) groups is 1. The van der Waals surface area contributed by atoms with Gasteiger partial charge in [-0.25, -0.2) is 4.99 Å². The molecule has 3 rings (SSSR count). The lowest BCUT2D eigenvalue weighted by Gasteiger charge is -2.12. The monoisotopic (exact) mass is 487 g/mol. The molecule has 0 spiro atoms. The number of hydrogen-bond acceptors (Lipinski definition) is 3. The van der Waals surface area contributed by atoms with E-state index in [9.17, 15) is 4.79 Å². The number of benzene rings is 2. The van der Waals surface area contributed by atoms with Crippen LogP contribution in [0, 0.1) is 6.92 Å². The number of hydrogen-bond donors (Lipinski definition) is 2. The van der Waals surface area contributed by atoms with Gasteiger partial charge in [-0.1, -0.05) is 34.5 Å². The average molecular weight is 489 g/mol. The molecule has 0 fully saturated rings. The molecule has 1 heterocycles. The fraction of sp³-hybridized carbons (Fsp3) is 0.227. The minimum Gasteiger partial charge on any atom is -0.326 e. The van der Waals surface area contributed by atoms with Crippen molar-refractivity contribution in [3.8, 4) is 0 Å². The molecule has 2 N–H and O–H groups in total. The molecular formula is C22H23BrClN5O. The molecule has 8 heteroatoms. The van der Waals surface area contributed by atoms with Crippen LogP contribution in [0.1, 0.15) is 35.0 Å². The molecule has 0 saturated heterocycles.